The number of amides is 1. The number of carbonyl (C=O) groups excluding carboxylic acids is 1. The van der Waals surface area contributed by atoms with Crippen molar-refractivity contribution in [3.8, 4) is 5.75 Å². The van der Waals surface area contributed by atoms with Crippen LogP contribution in [0.1, 0.15) is 26.5 Å². The third-order valence-corrected chi connectivity index (χ3v) is 5.32. The van der Waals surface area contributed by atoms with Crippen LogP contribution in [-0.2, 0) is 19.6 Å². The van der Waals surface area contributed by atoms with Gasteiger partial charge in [-0.25, -0.2) is 14.8 Å². The second kappa shape index (κ2) is 8.68. The molecule has 2 aromatic rings. The fourth-order valence-corrected chi connectivity index (χ4v) is 3.69. The lowest BCUT2D eigenvalue weighted by Gasteiger charge is -2.20. The van der Waals surface area contributed by atoms with E-state index < -0.39 is 12.2 Å². The van der Waals surface area contributed by atoms with Gasteiger partial charge in [-0.2, -0.15) is 0 Å². The van der Waals surface area contributed by atoms with Gasteiger partial charge in [-0.1, -0.05) is 26.8 Å². The Hall–Kier alpha value is -2.91. The number of hydrogen-bond acceptors (Lipinski definition) is 8. The number of rotatable bonds is 5. The van der Waals surface area contributed by atoms with Crippen molar-refractivity contribution in [2.24, 2.45) is 0 Å². The minimum Gasteiger partial charge on any atom is -0.497 e. The normalized spacial score (nSPS) is 25.0. The minimum absolute atomic E-state index is 0.0764. The zero-order valence-electron chi connectivity index (χ0n) is 18.1. The topological polar surface area (TPSA) is 104 Å². The Bertz CT molecular complexity index is 932. The van der Waals surface area contributed by atoms with Gasteiger partial charge in [0.2, 0.25) is 5.95 Å². The molecule has 0 spiro atoms. The first kappa shape index (κ1) is 21.3. The van der Waals surface area contributed by atoms with Crippen LogP contribution in [-0.4, -0.2) is 60.7 Å². The maximum atomic E-state index is 12.3. The molecule has 1 aromatic carbocycles. The molecule has 4 atom stereocenters. The quantitative estimate of drug-likeness (QED) is 0.749. The number of anilines is 2. The van der Waals surface area contributed by atoms with Gasteiger partial charge in [0, 0.05) is 23.4 Å². The highest BCUT2D eigenvalue weighted by Gasteiger charge is 2.49. The summed E-state index contributed by atoms with van der Waals surface area (Å²) in [6, 6.07) is 8.84. The van der Waals surface area contributed by atoms with Crippen LogP contribution in [0.3, 0.4) is 0 Å². The molecule has 2 fully saturated rings. The summed E-state index contributed by atoms with van der Waals surface area (Å²) < 4.78 is 22.5. The molecule has 2 aliphatic rings. The molecule has 0 bridgehead atoms. The lowest BCUT2D eigenvalue weighted by atomic mass is 9.92. The van der Waals surface area contributed by atoms with E-state index in [1.54, 1.807) is 37.6 Å². The van der Waals surface area contributed by atoms with Crippen LogP contribution in [0.15, 0.2) is 36.5 Å². The van der Waals surface area contributed by atoms with Gasteiger partial charge in [0.15, 0.2) is 6.10 Å². The Morgan fingerprint density at radius 3 is 2.74 bits per heavy atom. The first-order chi connectivity index (χ1) is 14.8. The van der Waals surface area contributed by atoms with Crippen LogP contribution in [0.2, 0.25) is 0 Å². The third-order valence-electron chi connectivity index (χ3n) is 5.32. The molecule has 2 N–H and O–H groups in total. The molecule has 1 amide bonds. The molecule has 31 heavy (non-hydrogen) atoms. The van der Waals surface area contributed by atoms with Crippen molar-refractivity contribution in [1.82, 2.24) is 9.97 Å². The molecule has 0 saturated carbocycles. The SMILES string of the molecule is COc1cccc(NC(=O)O[C@@H]2CO[C@H]3[C@H]2OC[C@H]3Nc2nccc(C(C)(C)C)n2)c1. The number of fused-ring (bicyclic) bond motifs is 1. The Morgan fingerprint density at radius 1 is 1.16 bits per heavy atom. The first-order valence-electron chi connectivity index (χ1n) is 10.3. The molecule has 9 heteroatoms. The van der Waals surface area contributed by atoms with E-state index in [0.717, 1.165) is 5.69 Å². The van der Waals surface area contributed by atoms with Crippen molar-refractivity contribution in [3.05, 3.63) is 42.2 Å². The van der Waals surface area contributed by atoms with E-state index in [0.29, 0.717) is 24.0 Å². The molecule has 166 valence electrons. The number of nitrogens with zero attached hydrogens (tertiary/aromatic N) is 2. The monoisotopic (exact) mass is 428 g/mol. The van der Waals surface area contributed by atoms with Crippen molar-refractivity contribution in [1.29, 1.82) is 0 Å². The summed E-state index contributed by atoms with van der Waals surface area (Å²) in [6.07, 6.45) is 0.0805. The van der Waals surface area contributed by atoms with Crippen molar-refractivity contribution >= 4 is 17.7 Å². The molecular formula is C22H28N4O5. The highest BCUT2D eigenvalue weighted by atomic mass is 16.6. The predicted molar refractivity (Wildman–Crippen MR) is 115 cm³/mol. The van der Waals surface area contributed by atoms with Crippen LogP contribution in [0.25, 0.3) is 0 Å². The standard InChI is InChI=1S/C22H28N4O5/c1-22(2,3)17-8-9-23-20(26-17)25-15-11-29-19-16(12-30-18(15)19)31-21(27)24-13-6-5-7-14(10-13)28-4/h5-10,15-16,18-19H,11-12H2,1-4H3,(H,24,27)(H,23,25,26)/t15-,16-,18-,19+/m1/s1. The van der Waals surface area contributed by atoms with E-state index in [1.165, 1.54) is 0 Å². The Kier molecular flexibility index (Phi) is 5.97. The number of hydrogen-bond donors (Lipinski definition) is 2. The Balaban J connectivity index is 1.34. The van der Waals surface area contributed by atoms with Crippen molar-refractivity contribution in [3.63, 3.8) is 0 Å². The molecule has 2 aliphatic heterocycles. The molecule has 9 nitrogen and oxygen atoms in total. The molecule has 4 rings (SSSR count). The maximum absolute atomic E-state index is 12.3. The van der Waals surface area contributed by atoms with E-state index >= 15 is 0 Å². The van der Waals surface area contributed by atoms with E-state index in [9.17, 15) is 4.79 Å². The summed E-state index contributed by atoms with van der Waals surface area (Å²) in [5.74, 6) is 1.18. The van der Waals surface area contributed by atoms with Gasteiger partial charge in [-0.05, 0) is 18.2 Å². The van der Waals surface area contributed by atoms with E-state index in [-0.39, 0.29) is 30.3 Å². The van der Waals surface area contributed by atoms with Crippen LogP contribution in [0.5, 0.6) is 5.75 Å². The van der Waals surface area contributed by atoms with E-state index in [4.69, 9.17) is 18.9 Å². The molecule has 0 radical (unpaired) electrons. The first-order valence-corrected chi connectivity index (χ1v) is 10.3. The van der Waals surface area contributed by atoms with Crippen LogP contribution >= 0.6 is 0 Å². The molecule has 0 unspecified atom stereocenters. The van der Waals surface area contributed by atoms with E-state index in [2.05, 4.69) is 41.4 Å². The van der Waals surface area contributed by atoms with Crippen molar-refractivity contribution in [2.75, 3.05) is 31.0 Å². The van der Waals surface area contributed by atoms with Gasteiger partial charge in [0.1, 0.15) is 18.0 Å². The average Bonchev–Trinajstić information content (AvgIpc) is 3.31. The third kappa shape index (κ3) is 4.88. The van der Waals surface area contributed by atoms with Gasteiger partial charge >= 0.3 is 6.09 Å². The number of methoxy groups -OCH3 is 1. The lowest BCUT2D eigenvalue weighted by molar-refractivity contribution is 0.00916. The number of aromatic nitrogens is 2. The van der Waals surface area contributed by atoms with Gasteiger partial charge in [0.25, 0.3) is 0 Å². The van der Waals surface area contributed by atoms with Gasteiger partial charge in [0.05, 0.1) is 32.1 Å². The second-order valence-corrected chi connectivity index (χ2v) is 8.66. The minimum atomic E-state index is -0.566. The predicted octanol–water partition coefficient (Wildman–Crippen LogP) is 2.98. The zero-order valence-corrected chi connectivity index (χ0v) is 18.1. The van der Waals surface area contributed by atoms with E-state index in [1.807, 2.05) is 6.07 Å². The summed E-state index contributed by atoms with van der Waals surface area (Å²) in [5.41, 5.74) is 1.46. The second-order valence-electron chi connectivity index (χ2n) is 8.66. The lowest BCUT2D eigenvalue weighted by Crippen LogP contribution is -2.38. The molecule has 0 aliphatic carbocycles. The van der Waals surface area contributed by atoms with Crippen LogP contribution < -0.4 is 15.4 Å². The molecular weight excluding hydrogens is 400 g/mol. The van der Waals surface area contributed by atoms with Crippen LogP contribution in [0.4, 0.5) is 16.4 Å². The maximum Gasteiger partial charge on any atom is 0.412 e. The highest BCUT2D eigenvalue weighted by molar-refractivity contribution is 5.85. The summed E-state index contributed by atoms with van der Waals surface area (Å²) >= 11 is 0. The summed E-state index contributed by atoms with van der Waals surface area (Å²) in [7, 11) is 1.57. The molecule has 3 heterocycles. The zero-order chi connectivity index (χ0) is 22.0. The fourth-order valence-electron chi connectivity index (χ4n) is 3.69. The van der Waals surface area contributed by atoms with Gasteiger partial charge < -0.3 is 24.3 Å². The molecule has 1 aromatic heterocycles. The van der Waals surface area contributed by atoms with Crippen molar-refractivity contribution < 1.29 is 23.7 Å². The summed E-state index contributed by atoms with van der Waals surface area (Å²) in [4.78, 5) is 21.3. The molecule has 2 saturated heterocycles. The number of ether oxygens (including phenoxy) is 4. The van der Waals surface area contributed by atoms with Crippen molar-refractivity contribution in [2.45, 2.75) is 50.5 Å². The Labute approximate surface area is 181 Å². The smallest absolute Gasteiger partial charge is 0.412 e. The number of benzene rings is 1. The van der Waals surface area contributed by atoms with Crippen LogP contribution in [0, 0.1) is 0 Å². The summed E-state index contributed by atoms with van der Waals surface area (Å²) in [5, 5.41) is 6.02. The fraction of sp³-hybridized carbons (Fsp3) is 0.500. The van der Waals surface area contributed by atoms with Gasteiger partial charge in [-0.15, -0.1) is 0 Å². The average molecular weight is 428 g/mol. The Morgan fingerprint density at radius 2 is 1.97 bits per heavy atom. The number of nitrogens with one attached hydrogen (secondary N) is 2. The number of carbonyl (C=O) groups is 1. The summed E-state index contributed by atoms with van der Waals surface area (Å²) in [6.45, 7) is 6.99. The largest absolute Gasteiger partial charge is 0.497 e. The van der Waals surface area contributed by atoms with Gasteiger partial charge in [-0.3, -0.25) is 5.32 Å². The highest BCUT2D eigenvalue weighted by Crippen LogP contribution is 2.31.